The van der Waals surface area contributed by atoms with Gasteiger partial charge in [0.2, 0.25) is 0 Å². The molecule has 0 saturated heterocycles. The Morgan fingerprint density at radius 1 is 1.61 bits per heavy atom. The molecule has 2 rings (SSSR count). The van der Waals surface area contributed by atoms with Crippen molar-refractivity contribution in [2.45, 2.75) is 20.0 Å². The zero-order chi connectivity index (χ0) is 13.1. The number of hydrogen-bond acceptors (Lipinski definition) is 4. The lowest BCUT2D eigenvalue weighted by molar-refractivity contribution is 0.0946. The Hall–Kier alpha value is -1.34. The van der Waals surface area contributed by atoms with Gasteiger partial charge >= 0.3 is 0 Å². The first-order chi connectivity index (χ1) is 8.60. The van der Waals surface area contributed by atoms with Gasteiger partial charge in [-0.3, -0.25) is 9.48 Å². The van der Waals surface area contributed by atoms with Crippen molar-refractivity contribution in [3.05, 3.63) is 32.7 Å². The molecule has 2 aromatic rings. The summed E-state index contributed by atoms with van der Waals surface area (Å²) in [5, 5.41) is 6.92. The molecule has 1 amide bonds. The van der Waals surface area contributed by atoms with E-state index in [0.717, 1.165) is 8.66 Å². The van der Waals surface area contributed by atoms with Gasteiger partial charge in [-0.1, -0.05) is 0 Å². The fourth-order valence-corrected chi connectivity index (χ4v) is 2.90. The number of thiophene rings is 1. The van der Waals surface area contributed by atoms with Crippen LogP contribution in [0.25, 0.3) is 0 Å². The number of halogens is 1. The normalized spacial score (nSPS) is 10.6. The van der Waals surface area contributed by atoms with Crippen molar-refractivity contribution < 1.29 is 4.79 Å². The SMILES string of the molecule is CCn1cc(N)c(C(=O)NCc2ccc(Br)s2)n1. The van der Waals surface area contributed by atoms with Gasteiger partial charge in [0.05, 0.1) is 16.0 Å². The van der Waals surface area contributed by atoms with Gasteiger partial charge in [0.25, 0.3) is 5.91 Å². The van der Waals surface area contributed by atoms with E-state index < -0.39 is 0 Å². The Kier molecular flexibility index (Phi) is 4.03. The minimum Gasteiger partial charge on any atom is -0.396 e. The predicted octanol–water partition coefficient (Wildman–Crippen LogP) is 2.24. The first-order valence-corrected chi connectivity index (χ1v) is 7.06. The van der Waals surface area contributed by atoms with Gasteiger partial charge in [-0.05, 0) is 35.0 Å². The van der Waals surface area contributed by atoms with E-state index in [1.165, 1.54) is 0 Å². The van der Waals surface area contributed by atoms with Crippen molar-refractivity contribution in [1.29, 1.82) is 0 Å². The van der Waals surface area contributed by atoms with Gasteiger partial charge in [-0.2, -0.15) is 5.10 Å². The number of aromatic nitrogens is 2. The van der Waals surface area contributed by atoms with Gasteiger partial charge in [0.15, 0.2) is 5.69 Å². The summed E-state index contributed by atoms with van der Waals surface area (Å²) in [4.78, 5) is 13.0. The molecule has 0 spiro atoms. The Labute approximate surface area is 117 Å². The second-order valence-electron chi connectivity index (χ2n) is 3.68. The fourth-order valence-electron chi connectivity index (χ4n) is 1.47. The molecule has 96 valence electrons. The van der Waals surface area contributed by atoms with Crippen molar-refractivity contribution >= 4 is 38.9 Å². The van der Waals surface area contributed by atoms with Crippen LogP contribution in [0.3, 0.4) is 0 Å². The van der Waals surface area contributed by atoms with Crippen LogP contribution in [0, 0.1) is 0 Å². The molecule has 0 unspecified atom stereocenters. The highest BCUT2D eigenvalue weighted by Crippen LogP contribution is 2.21. The number of nitrogens with two attached hydrogens (primary N) is 1. The minimum atomic E-state index is -0.246. The Bertz CT molecular complexity index is 563. The maximum absolute atomic E-state index is 11.9. The standard InChI is InChI=1S/C11H13BrN4OS/c1-2-16-6-8(13)10(15-16)11(17)14-5-7-3-4-9(12)18-7/h3-4,6H,2,5,13H2,1H3,(H,14,17). The summed E-state index contributed by atoms with van der Waals surface area (Å²) in [5.41, 5.74) is 6.43. The van der Waals surface area contributed by atoms with E-state index in [9.17, 15) is 4.79 Å². The quantitative estimate of drug-likeness (QED) is 0.903. The number of aryl methyl sites for hydroxylation is 1. The molecular weight excluding hydrogens is 316 g/mol. The number of anilines is 1. The number of amides is 1. The van der Waals surface area contributed by atoms with E-state index in [2.05, 4.69) is 26.3 Å². The van der Waals surface area contributed by atoms with E-state index in [4.69, 9.17) is 5.73 Å². The van der Waals surface area contributed by atoms with Crippen LogP contribution in [-0.4, -0.2) is 15.7 Å². The zero-order valence-corrected chi connectivity index (χ0v) is 12.2. The summed E-state index contributed by atoms with van der Waals surface area (Å²) in [5.74, 6) is -0.246. The maximum atomic E-state index is 11.9. The van der Waals surface area contributed by atoms with Crippen LogP contribution in [0.2, 0.25) is 0 Å². The van der Waals surface area contributed by atoms with Crippen molar-refractivity contribution in [2.75, 3.05) is 5.73 Å². The lowest BCUT2D eigenvalue weighted by Crippen LogP contribution is -2.23. The van der Waals surface area contributed by atoms with E-state index >= 15 is 0 Å². The van der Waals surface area contributed by atoms with Crippen molar-refractivity contribution in [1.82, 2.24) is 15.1 Å². The van der Waals surface area contributed by atoms with E-state index in [-0.39, 0.29) is 11.6 Å². The van der Waals surface area contributed by atoms with Crippen LogP contribution in [0.1, 0.15) is 22.3 Å². The average Bonchev–Trinajstić information content (AvgIpc) is 2.92. The van der Waals surface area contributed by atoms with Crippen LogP contribution in [-0.2, 0) is 13.1 Å². The summed E-state index contributed by atoms with van der Waals surface area (Å²) in [7, 11) is 0. The summed E-state index contributed by atoms with van der Waals surface area (Å²) < 4.78 is 2.69. The first-order valence-electron chi connectivity index (χ1n) is 5.45. The summed E-state index contributed by atoms with van der Waals surface area (Å²) in [6.07, 6.45) is 1.66. The molecule has 0 radical (unpaired) electrons. The number of carbonyl (C=O) groups is 1. The third-order valence-corrected chi connectivity index (χ3v) is 4.00. The Morgan fingerprint density at radius 2 is 2.39 bits per heavy atom. The van der Waals surface area contributed by atoms with Crippen LogP contribution in [0.4, 0.5) is 5.69 Å². The number of nitrogens with one attached hydrogen (secondary N) is 1. The van der Waals surface area contributed by atoms with E-state index in [0.29, 0.717) is 18.8 Å². The lowest BCUT2D eigenvalue weighted by Gasteiger charge is -2.01. The highest BCUT2D eigenvalue weighted by molar-refractivity contribution is 9.11. The summed E-state index contributed by atoms with van der Waals surface area (Å²) in [6.45, 7) is 3.11. The van der Waals surface area contributed by atoms with Crippen LogP contribution < -0.4 is 11.1 Å². The molecule has 0 aliphatic heterocycles. The average molecular weight is 329 g/mol. The topological polar surface area (TPSA) is 72.9 Å². The van der Waals surface area contributed by atoms with Gasteiger partial charge in [0.1, 0.15) is 0 Å². The first kappa shape index (κ1) is 13.1. The minimum absolute atomic E-state index is 0.246. The summed E-state index contributed by atoms with van der Waals surface area (Å²) >= 11 is 4.96. The Morgan fingerprint density at radius 3 is 2.94 bits per heavy atom. The van der Waals surface area contributed by atoms with Crippen LogP contribution in [0.5, 0.6) is 0 Å². The highest BCUT2D eigenvalue weighted by atomic mass is 79.9. The maximum Gasteiger partial charge on any atom is 0.274 e. The second kappa shape index (κ2) is 5.53. The molecule has 0 saturated carbocycles. The molecular formula is C11H13BrN4OS. The Balaban J connectivity index is 2.01. The molecule has 7 heteroatoms. The van der Waals surface area contributed by atoms with Gasteiger partial charge in [0, 0.05) is 17.6 Å². The molecule has 0 atom stereocenters. The largest absolute Gasteiger partial charge is 0.396 e. The molecule has 0 aliphatic rings. The second-order valence-corrected chi connectivity index (χ2v) is 6.22. The number of nitrogen functional groups attached to an aromatic ring is 1. The molecule has 2 aromatic heterocycles. The van der Waals surface area contributed by atoms with Gasteiger partial charge in [-0.25, -0.2) is 0 Å². The van der Waals surface area contributed by atoms with Crippen LogP contribution in [0.15, 0.2) is 22.1 Å². The van der Waals surface area contributed by atoms with E-state index in [1.54, 1.807) is 22.2 Å². The lowest BCUT2D eigenvalue weighted by atomic mass is 10.3. The highest BCUT2D eigenvalue weighted by Gasteiger charge is 2.14. The number of nitrogens with zero attached hydrogens (tertiary/aromatic N) is 2. The summed E-state index contributed by atoms with van der Waals surface area (Å²) in [6, 6.07) is 3.91. The number of carbonyl (C=O) groups excluding carboxylic acids is 1. The molecule has 5 nitrogen and oxygen atoms in total. The molecule has 0 fully saturated rings. The molecule has 0 bridgehead atoms. The fraction of sp³-hybridized carbons (Fsp3) is 0.273. The van der Waals surface area contributed by atoms with Crippen molar-refractivity contribution in [3.63, 3.8) is 0 Å². The van der Waals surface area contributed by atoms with Crippen LogP contribution >= 0.6 is 27.3 Å². The molecule has 2 heterocycles. The monoisotopic (exact) mass is 328 g/mol. The molecule has 0 aliphatic carbocycles. The third-order valence-electron chi connectivity index (χ3n) is 2.38. The van der Waals surface area contributed by atoms with Crippen molar-refractivity contribution in [3.8, 4) is 0 Å². The third kappa shape index (κ3) is 2.91. The number of hydrogen-bond donors (Lipinski definition) is 2. The van der Waals surface area contributed by atoms with Gasteiger partial charge in [-0.15, -0.1) is 11.3 Å². The van der Waals surface area contributed by atoms with Crippen molar-refractivity contribution in [2.24, 2.45) is 0 Å². The molecule has 18 heavy (non-hydrogen) atoms. The molecule has 0 aromatic carbocycles. The predicted molar refractivity (Wildman–Crippen MR) is 75.5 cm³/mol. The molecule has 3 N–H and O–H groups in total. The smallest absolute Gasteiger partial charge is 0.274 e. The zero-order valence-electron chi connectivity index (χ0n) is 9.81. The number of rotatable bonds is 4. The van der Waals surface area contributed by atoms with Gasteiger partial charge < -0.3 is 11.1 Å². The van der Waals surface area contributed by atoms with E-state index in [1.807, 2.05) is 19.1 Å².